The summed E-state index contributed by atoms with van der Waals surface area (Å²) in [4.78, 5) is -0.177. The van der Waals surface area contributed by atoms with Crippen molar-refractivity contribution < 1.29 is 21.6 Å². The van der Waals surface area contributed by atoms with Crippen LogP contribution in [0.1, 0.15) is 29.9 Å². The van der Waals surface area contributed by atoms with E-state index in [1.807, 2.05) is 0 Å². The summed E-state index contributed by atoms with van der Waals surface area (Å²) in [6, 6.07) is 3.34. The van der Waals surface area contributed by atoms with Crippen LogP contribution in [0.3, 0.4) is 0 Å². The van der Waals surface area contributed by atoms with Crippen LogP contribution in [0, 0.1) is 0 Å². The lowest BCUT2D eigenvalue weighted by Crippen LogP contribution is -2.12. The number of rotatable bonds is 3. The highest BCUT2D eigenvalue weighted by Gasteiger charge is 2.43. The number of fused-ring (bicyclic) bond motifs is 1. The summed E-state index contributed by atoms with van der Waals surface area (Å²) in [5.41, 5.74) is 4.43. The van der Waals surface area contributed by atoms with Crippen LogP contribution in [0.15, 0.2) is 23.1 Å². The van der Waals surface area contributed by atoms with Crippen molar-refractivity contribution in [2.75, 3.05) is 12.3 Å². The van der Waals surface area contributed by atoms with Crippen LogP contribution in [-0.4, -0.2) is 20.7 Å². The number of halogens is 3. The molecule has 1 aliphatic rings. The van der Waals surface area contributed by atoms with Gasteiger partial charge in [-0.1, -0.05) is 6.07 Å². The molecule has 1 aromatic carbocycles. The maximum Gasteiger partial charge on any atom is 0.416 e. The third-order valence-corrected chi connectivity index (χ3v) is 5.16. The van der Waals surface area contributed by atoms with Gasteiger partial charge in [0.05, 0.1) is 16.2 Å². The summed E-state index contributed by atoms with van der Waals surface area (Å²) in [6.45, 7) is 0.333. The van der Waals surface area contributed by atoms with E-state index in [0.717, 1.165) is 12.1 Å². The van der Waals surface area contributed by atoms with E-state index < -0.39 is 27.5 Å². The molecule has 1 aliphatic heterocycles. The lowest BCUT2D eigenvalue weighted by atomic mass is 9.92. The van der Waals surface area contributed by atoms with Crippen molar-refractivity contribution in [2.24, 2.45) is 5.73 Å². The quantitative estimate of drug-likeness (QED) is 0.930. The van der Waals surface area contributed by atoms with Crippen LogP contribution in [0.5, 0.6) is 0 Å². The molecule has 0 radical (unpaired) electrons. The first-order valence-electron chi connectivity index (χ1n) is 5.90. The second kappa shape index (κ2) is 4.79. The average molecular weight is 293 g/mol. The molecule has 1 aromatic rings. The third-order valence-electron chi connectivity index (χ3n) is 3.29. The number of nitrogens with two attached hydrogens (primary N) is 1. The van der Waals surface area contributed by atoms with Gasteiger partial charge in [0.25, 0.3) is 0 Å². The normalized spacial score (nSPS) is 21.4. The van der Waals surface area contributed by atoms with Gasteiger partial charge in [0.15, 0.2) is 9.84 Å². The molecule has 0 amide bonds. The van der Waals surface area contributed by atoms with Crippen LogP contribution < -0.4 is 5.73 Å². The molecule has 2 rings (SSSR count). The second-order valence-electron chi connectivity index (χ2n) is 4.62. The lowest BCUT2D eigenvalue weighted by molar-refractivity contribution is -0.138. The van der Waals surface area contributed by atoms with Crippen molar-refractivity contribution in [3.05, 3.63) is 29.3 Å². The zero-order valence-electron chi connectivity index (χ0n) is 10.1. The van der Waals surface area contributed by atoms with Gasteiger partial charge in [0.1, 0.15) is 0 Å². The monoisotopic (exact) mass is 293 g/mol. The Morgan fingerprint density at radius 2 is 2.00 bits per heavy atom. The van der Waals surface area contributed by atoms with Gasteiger partial charge in [0.2, 0.25) is 0 Å². The largest absolute Gasteiger partial charge is 0.416 e. The van der Waals surface area contributed by atoms with E-state index in [-0.39, 0.29) is 16.2 Å². The zero-order valence-corrected chi connectivity index (χ0v) is 10.9. The Bertz CT molecular complexity index is 581. The average Bonchev–Trinajstić information content (AvgIpc) is 2.57. The van der Waals surface area contributed by atoms with E-state index in [2.05, 4.69) is 0 Å². The highest BCUT2D eigenvalue weighted by molar-refractivity contribution is 7.91. The maximum absolute atomic E-state index is 13.0. The maximum atomic E-state index is 13.0. The Morgan fingerprint density at radius 3 is 2.58 bits per heavy atom. The van der Waals surface area contributed by atoms with Gasteiger partial charge in [0, 0.05) is 5.92 Å². The van der Waals surface area contributed by atoms with Crippen LogP contribution >= 0.6 is 0 Å². The summed E-state index contributed by atoms with van der Waals surface area (Å²) in [6.07, 6.45) is -3.67. The van der Waals surface area contributed by atoms with Gasteiger partial charge in [-0.15, -0.1) is 0 Å². The van der Waals surface area contributed by atoms with Gasteiger partial charge in [-0.05, 0) is 37.1 Å². The summed E-state index contributed by atoms with van der Waals surface area (Å²) in [7, 11) is -3.61. The number of benzene rings is 1. The van der Waals surface area contributed by atoms with E-state index in [9.17, 15) is 21.6 Å². The fourth-order valence-corrected chi connectivity index (χ4v) is 4.45. The van der Waals surface area contributed by atoms with Gasteiger partial charge in [-0.3, -0.25) is 0 Å². The van der Waals surface area contributed by atoms with Crippen LogP contribution in [0.4, 0.5) is 13.2 Å². The summed E-state index contributed by atoms with van der Waals surface area (Å²) in [5, 5.41) is 0. The van der Waals surface area contributed by atoms with Crippen molar-refractivity contribution in [3.8, 4) is 0 Å². The van der Waals surface area contributed by atoms with Crippen LogP contribution in [0.25, 0.3) is 0 Å². The van der Waals surface area contributed by atoms with Gasteiger partial charge in [-0.2, -0.15) is 13.2 Å². The highest BCUT2D eigenvalue weighted by atomic mass is 32.2. The molecule has 1 unspecified atom stereocenters. The second-order valence-corrected chi connectivity index (χ2v) is 6.63. The van der Waals surface area contributed by atoms with Gasteiger partial charge in [-0.25, -0.2) is 8.42 Å². The molecule has 2 N–H and O–H groups in total. The van der Waals surface area contributed by atoms with Crippen LogP contribution in [0.2, 0.25) is 0 Å². The van der Waals surface area contributed by atoms with Crippen molar-refractivity contribution in [1.82, 2.24) is 0 Å². The Labute approximate surface area is 109 Å². The van der Waals surface area contributed by atoms with Crippen molar-refractivity contribution in [1.29, 1.82) is 0 Å². The fraction of sp³-hybridized carbons (Fsp3) is 0.500. The first-order chi connectivity index (χ1) is 8.77. The van der Waals surface area contributed by atoms with E-state index >= 15 is 0 Å². The molecular weight excluding hydrogens is 279 g/mol. The zero-order chi connectivity index (χ0) is 14.3. The fourth-order valence-electron chi connectivity index (χ4n) is 2.51. The minimum atomic E-state index is -4.54. The van der Waals surface area contributed by atoms with E-state index in [0.29, 0.717) is 19.4 Å². The standard InChI is InChI=1S/C12H14F3NO2S/c13-12(14,15)9-4-1-5-10-11(9)8(3-2-6-16)7-19(10,17)18/h1,4-5,8H,2-3,6-7,16H2. The van der Waals surface area contributed by atoms with Gasteiger partial charge < -0.3 is 5.73 Å². The Kier molecular flexibility index (Phi) is 3.61. The summed E-state index contributed by atoms with van der Waals surface area (Å²) < 4.78 is 62.7. The molecule has 0 bridgehead atoms. The molecule has 106 valence electrons. The van der Waals surface area contributed by atoms with E-state index in [4.69, 9.17) is 5.73 Å². The van der Waals surface area contributed by atoms with Crippen molar-refractivity contribution >= 4 is 9.84 Å². The predicted molar refractivity (Wildman–Crippen MR) is 64.5 cm³/mol. The molecule has 3 nitrogen and oxygen atoms in total. The molecule has 1 heterocycles. The van der Waals surface area contributed by atoms with Crippen molar-refractivity contribution in [2.45, 2.75) is 29.8 Å². The first kappa shape index (κ1) is 14.3. The van der Waals surface area contributed by atoms with E-state index in [1.165, 1.54) is 6.07 Å². The SMILES string of the molecule is NCCCC1CS(=O)(=O)c2cccc(C(F)(F)F)c21. The molecule has 0 aromatic heterocycles. The summed E-state index contributed by atoms with van der Waals surface area (Å²) >= 11 is 0. The molecule has 0 fully saturated rings. The predicted octanol–water partition coefficient (Wildman–Crippen LogP) is 2.32. The third kappa shape index (κ3) is 2.62. The topological polar surface area (TPSA) is 60.2 Å². The molecule has 19 heavy (non-hydrogen) atoms. The van der Waals surface area contributed by atoms with Crippen LogP contribution in [-0.2, 0) is 16.0 Å². The summed E-state index contributed by atoms with van der Waals surface area (Å²) in [5.74, 6) is -0.864. The lowest BCUT2D eigenvalue weighted by Gasteiger charge is -2.16. The molecule has 0 spiro atoms. The smallest absolute Gasteiger partial charge is 0.330 e. The molecule has 0 saturated carbocycles. The molecular formula is C12H14F3NO2S. The molecule has 0 aliphatic carbocycles. The number of hydrogen-bond acceptors (Lipinski definition) is 3. The Morgan fingerprint density at radius 1 is 1.32 bits per heavy atom. The van der Waals surface area contributed by atoms with Crippen molar-refractivity contribution in [3.63, 3.8) is 0 Å². The van der Waals surface area contributed by atoms with Gasteiger partial charge >= 0.3 is 6.18 Å². The Balaban J connectivity index is 2.57. The minimum Gasteiger partial charge on any atom is -0.330 e. The number of alkyl halides is 3. The Hall–Kier alpha value is -1.08. The number of sulfone groups is 1. The molecule has 7 heteroatoms. The highest BCUT2D eigenvalue weighted by Crippen LogP contribution is 2.44. The number of hydrogen-bond donors (Lipinski definition) is 1. The minimum absolute atomic E-state index is 0.0801. The first-order valence-corrected chi connectivity index (χ1v) is 7.55. The molecule has 0 saturated heterocycles. The van der Waals surface area contributed by atoms with E-state index in [1.54, 1.807) is 0 Å². The molecule has 1 atom stereocenters.